The van der Waals surface area contributed by atoms with Crippen molar-refractivity contribution < 1.29 is 0 Å². The molecule has 0 fully saturated rings. The fraction of sp³-hybridized carbons (Fsp3) is 0.529. The molecule has 1 heterocycles. The van der Waals surface area contributed by atoms with E-state index in [2.05, 4.69) is 70.3 Å². The number of hydrogen-bond donors (Lipinski definition) is 1. The van der Waals surface area contributed by atoms with Crippen molar-refractivity contribution >= 4 is 21.4 Å². The molecular weight excluding hydrogens is 250 g/mol. The van der Waals surface area contributed by atoms with Gasteiger partial charge in [0.05, 0.1) is 0 Å². The Morgan fingerprint density at radius 2 is 1.84 bits per heavy atom. The van der Waals surface area contributed by atoms with E-state index in [9.17, 15) is 0 Å². The first-order chi connectivity index (χ1) is 8.90. The summed E-state index contributed by atoms with van der Waals surface area (Å²) in [4.78, 5) is 1.43. The van der Waals surface area contributed by atoms with Crippen LogP contribution in [-0.4, -0.2) is 6.54 Å². The zero-order valence-corrected chi connectivity index (χ0v) is 13.5. The largest absolute Gasteiger partial charge is 0.309 e. The van der Waals surface area contributed by atoms with Crippen molar-refractivity contribution in [1.82, 2.24) is 5.32 Å². The van der Waals surface area contributed by atoms with Crippen LogP contribution in [0.4, 0.5) is 0 Å². The van der Waals surface area contributed by atoms with Crippen LogP contribution in [0.15, 0.2) is 30.3 Å². The lowest BCUT2D eigenvalue weighted by atomic mass is 9.81. The van der Waals surface area contributed by atoms with E-state index in [1.807, 2.05) is 11.3 Å². The Hall–Kier alpha value is -0.860. The predicted octanol–water partition coefficient (Wildman–Crippen LogP) is 5.23. The van der Waals surface area contributed by atoms with Crippen molar-refractivity contribution in [2.45, 2.75) is 40.7 Å². The fourth-order valence-electron chi connectivity index (χ4n) is 1.94. The molecule has 0 amide bonds. The molecule has 2 heteroatoms. The molecule has 0 aliphatic carbocycles. The highest BCUT2D eigenvalue weighted by molar-refractivity contribution is 7.19. The Labute approximate surface area is 121 Å². The molecule has 0 saturated heterocycles. The second kappa shape index (κ2) is 5.64. The van der Waals surface area contributed by atoms with Crippen molar-refractivity contribution in [2.24, 2.45) is 11.3 Å². The molecule has 0 aliphatic rings. The lowest BCUT2D eigenvalue weighted by Crippen LogP contribution is -2.34. The molecule has 1 unspecified atom stereocenters. The van der Waals surface area contributed by atoms with Gasteiger partial charge in [-0.15, -0.1) is 11.3 Å². The van der Waals surface area contributed by atoms with E-state index in [0.717, 1.165) is 6.54 Å². The molecule has 0 radical (unpaired) electrons. The Kier molecular flexibility index (Phi) is 4.32. The molecule has 0 saturated carbocycles. The van der Waals surface area contributed by atoms with Crippen molar-refractivity contribution in [3.8, 4) is 0 Å². The summed E-state index contributed by atoms with van der Waals surface area (Å²) >= 11 is 1.90. The topological polar surface area (TPSA) is 12.0 Å². The monoisotopic (exact) mass is 275 g/mol. The van der Waals surface area contributed by atoms with Crippen LogP contribution in [0.5, 0.6) is 0 Å². The van der Waals surface area contributed by atoms with E-state index < -0.39 is 0 Å². The maximum Gasteiger partial charge on any atom is 0.0386 e. The van der Waals surface area contributed by atoms with E-state index in [1.165, 1.54) is 15.0 Å². The number of hydrogen-bond acceptors (Lipinski definition) is 2. The van der Waals surface area contributed by atoms with Gasteiger partial charge in [-0.3, -0.25) is 0 Å². The van der Waals surface area contributed by atoms with Gasteiger partial charge < -0.3 is 5.32 Å². The Bertz CT molecular complexity index is 506. The van der Waals surface area contributed by atoms with Crippen LogP contribution in [-0.2, 0) is 0 Å². The molecule has 0 spiro atoms. The van der Waals surface area contributed by atoms with Crippen molar-refractivity contribution in [3.05, 3.63) is 35.2 Å². The van der Waals surface area contributed by atoms with Gasteiger partial charge in [0.2, 0.25) is 0 Å². The summed E-state index contributed by atoms with van der Waals surface area (Å²) in [5, 5.41) is 5.05. The number of benzene rings is 1. The van der Waals surface area contributed by atoms with Crippen molar-refractivity contribution in [1.29, 1.82) is 0 Å². The Morgan fingerprint density at radius 3 is 2.47 bits per heavy atom. The van der Waals surface area contributed by atoms with E-state index in [4.69, 9.17) is 0 Å². The summed E-state index contributed by atoms with van der Waals surface area (Å²) in [6, 6.07) is 11.4. The maximum absolute atomic E-state index is 3.69. The first-order valence-electron chi connectivity index (χ1n) is 7.12. The van der Waals surface area contributed by atoms with Crippen LogP contribution in [0.3, 0.4) is 0 Å². The van der Waals surface area contributed by atoms with Gasteiger partial charge in [0.15, 0.2) is 0 Å². The van der Waals surface area contributed by atoms with E-state index >= 15 is 0 Å². The summed E-state index contributed by atoms with van der Waals surface area (Å²) in [6.45, 7) is 12.6. The maximum atomic E-state index is 3.69. The third-order valence-corrected chi connectivity index (χ3v) is 5.60. The molecular formula is C17H25NS. The minimum Gasteiger partial charge on any atom is -0.309 e. The van der Waals surface area contributed by atoms with Crippen LogP contribution in [0.25, 0.3) is 10.1 Å². The average molecular weight is 275 g/mol. The number of nitrogens with one attached hydrogen (secondary N) is 1. The summed E-state index contributed by atoms with van der Waals surface area (Å²) in [5.74, 6) is 0.689. The van der Waals surface area contributed by atoms with Gasteiger partial charge >= 0.3 is 0 Å². The molecule has 1 atom stereocenters. The number of fused-ring (bicyclic) bond motifs is 1. The summed E-state index contributed by atoms with van der Waals surface area (Å²) in [6.07, 6.45) is 0. The standard InChI is InChI=1S/C17H25NS/c1-12(2)17(4,5)11-18-13(3)16-10-14-8-6-7-9-15(14)19-16/h6-10,12-13,18H,11H2,1-5H3. The minimum atomic E-state index is 0.338. The third-order valence-electron chi connectivity index (χ3n) is 4.30. The number of thiophene rings is 1. The van der Waals surface area contributed by atoms with Crippen LogP contribution in [0.1, 0.15) is 45.5 Å². The van der Waals surface area contributed by atoms with Gasteiger partial charge in [-0.05, 0) is 35.8 Å². The zero-order valence-electron chi connectivity index (χ0n) is 12.7. The molecule has 1 N–H and O–H groups in total. The first kappa shape index (κ1) is 14.5. The van der Waals surface area contributed by atoms with Crippen LogP contribution in [0, 0.1) is 11.3 Å². The van der Waals surface area contributed by atoms with Crippen molar-refractivity contribution in [3.63, 3.8) is 0 Å². The summed E-state index contributed by atoms with van der Waals surface area (Å²) < 4.78 is 1.38. The Balaban J connectivity index is 2.05. The molecule has 2 aromatic rings. The molecule has 0 bridgehead atoms. The third kappa shape index (κ3) is 3.37. The van der Waals surface area contributed by atoms with Gasteiger partial charge in [0.1, 0.15) is 0 Å². The first-order valence-corrected chi connectivity index (χ1v) is 7.93. The van der Waals surface area contributed by atoms with E-state index in [0.29, 0.717) is 17.4 Å². The molecule has 104 valence electrons. The van der Waals surface area contributed by atoms with Crippen LogP contribution in [0.2, 0.25) is 0 Å². The SMILES string of the molecule is CC(NCC(C)(C)C(C)C)c1cc2ccccc2s1. The minimum absolute atomic E-state index is 0.338. The summed E-state index contributed by atoms with van der Waals surface area (Å²) in [5.41, 5.74) is 0.338. The van der Waals surface area contributed by atoms with Gasteiger partial charge in [-0.25, -0.2) is 0 Å². The highest BCUT2D eigenvalue weighted by Gasteiger charge is 2.23. The van der Waals surface area contributed by atoms with Gasteiger partial charge in [0.25, 0.3) is 0 Å². The molecule has 1 nitrogen and oxygen atoms in total. The molecule has 1 aromatic carbocycles. The highest BCUT2D eigenvalue weighted by Crippen LogP contribution is 2.31. The van der Waals surface area contributed by atoms with Crippen LogP contribution < -0.4 is 5.32 Å². The normalized spacial score (nSPS) is 14.2. The smallest absolute Gasteiger partial charge is 0.0386 e. The van der Waals surface area contributed by atoms with Crippen LogP contribution >= 0.6 is 11.3 Å². The molecule has 1 aromatic heterocycles. The fourth-order valence-corrected chi connectivity index (χ4v) is 3.03. The molecule has 0 aliphatic heterocycles. The van der Waals surface area contributed by atoms with E-state index in [-0.39, 0.29) is 0 Å². The average Bonchev–Trinajstić information content (AvgIpc) is 2.79. The van der Waals surface area contributed by atoms with Crippen molar-refractivity contribution in [2.75, 3.05) is 6.54 Å². The zero-order chi connectivity index (χ0) is 14.0. The predicted molar refractivity (Wildman–Crippen MR) is 86.9 cm³/mol. The Morgan fingerprint density at radius 1 is 1.16 bits per heavy atom. The van der Waals surface area contributed by atoms with E-state index in [1.54, 1.807) is 0 Å². The quantitative estimate of drug-likeness (QED) is 0.787. The van der Waals surface area contributed by atoms with Gasteiger partial charge in [-0.1, -0.05) is 45.9 Å². The highest BCUT2D eigenvalue weighted by atomic mass is 32.1. The second-order valence-corrected chi connectivity index (χ2v) is 7.55. The summed E-state index contributed by atoms with van der Waals surface area (Å²) in [7, 11) is 0. The lowest BCUT2D eigenvalue weighted by molar-refractivity contribution is 0.231. The second-order valence-electron chi connectivity index (χ2n) is 6.43. The van der Waals surface area contributed by atoms with Gasteiger partial charge in [-0.2, -0.15) is 0 Å². The van der Waals surface area contributed by atoms with Gasteiger partial charge in [0, 0.05) is 22.2 Å². The number of rotatable bonds is 5. The molecule has 2 rings (SSSR count). The lowest BCUT2D eigenvalue weighted by Gasteiger charge is -2.31. The molecule has 19 heavy (non-hydrogen) atoms.